The van der Waals surface area contributed by atoms with Crippen molar-refractivity contribution < 1.29 is 14.7 Å². The lowest BCUT2D eigenvalue weighted by atomic mass is 10.1. The van der Waals surface area contributed by atoms with Gasteiger partial charge in [-0.3, -0.25) is 9.59 Å². The Morgan fingerprint density at radius 1 is 1.35 bits per heavy atom. The summed E-state index contributed by atoms with van der Waals surface area (Å²) in [4.78, 5) is 30.8. The number of aliphatic carboxylic acids is 1. The van der Waals surface area contributed by atoms with Crippen LogP contribution in [-0.2, 0) is 4.79 Å². The molecule has 6 nitrogen and oxygen atoms in total. The largest absolute Gasteiger partial charge is 0.480 e. The number of likely N-dealkylation sites (N-methyl/N-ethyl adjacent to an activating group) is 1. The van der Waals surface area contributed by atoms with Crippen molar-refractivity contribution in [3.63, 3.8) is 0 Å². The molecule has 0 spiro atoms. The topological polar surface area (TPSA) is 73.7 Å². The normalized spacial score (nSPS) is 14.9. The van der Waals surface area contributed by atoms with Gasteiger partial charge in [-0.15, -0.1) is 0 Å². The molecule has 0 saturated carbocycles. The molecule has 108 valence electrons. The van der Waals surface area contributed by atoms with Crippen molar-refractivity contribution in [2.75, 3.05) is 31.6 Å². The number of pyridine rings is 1. The molecular weight excluding hydrogens is 258 g/mol. The number of rotatable bonds is 4. The summed E-state index contributed by atoms with van der Waals surface area (Å²) in [7, 11) is 1.63. The Morgan fingerprint density at radius 3 is 2.70 bits per heavy atom. The highest BCUT2D eigenvalue weighted by Crippen LogP contribution is 2.20. The van der Waals surface area contributed by atoms with Crippen molar-refractivity contribution in [3.05, 3.63) is 23.9 Å². The van der Waals surface area contributed by atoms with E-state index in [1.807, 2.05) is 4.90 Å². The number of aromatic nitrogens is 1. The standard InChI is InChI=1S/C14H19N3O3/c1-16(10-12(18)19)13-11(6-5-7-15-13)14(20)17-8-3-2-4-9-17/h5-7H,2-4,8-10H2,1H3,(H,18,19). The average Bonchev–Trinajstić information content (AvgIpc) is 2.46. The van der Waals surface area contributed by atoms with Crippen LogP contribution in [-0.4, -0.2) is 53.5 Å². The number of hydrogen-bond acceptors (Lipinski definition) is 4. The van der Waals surface area contributed by atoms with Crippen LogP contribution in [0.5, 0.6) is 0 Å². The second-order valence-corrected chi connectivity index (χ2v) is 4.98. The van der Waals surface area contributed by atoms with Gasteiger partial charge in [-0.2, -0.15) is 0 Å². The summed E-state index contributed by atoms with van der Waals surface area (Å²) in [5, 5.41) is 8.86. The minimum atomic E-state index is -0.950. The predicted molar refractivity (Wildman–Crippen MR) is 74.9 cm³/mol. The van der Waals surface area contributed by atoms with Gasteiger partial charge < -0.3 is 14.9 Å². The number of carboxylic acids is 1. The fourth-order valence-electron chi connectivity index (χ4n) is 2.41. The fraction of sp³-hybridized carbons (Fsp3) is 0.500. The smallest absolute Gasteiger partial charge is 0.323 e. The molecule has 1 aliphatic rings. The summed E-state index contributed by atoms with van der Waals surface area (Å²) in [5.41, 5.74) is 0.471. The van der Waals surface area contributed by atoms with Crippen molar-refractivity contribution >= 4 is 17.7 Å². The molecule has 1 aliphatic heterocycles. The summed E-state index contributed by atoms with van der Waals surface area (Å²) >= 11 is 0. The first kappa shape index (κ1) is 14.3. The summed E-state index contributed by atoms with van der Waals surface area (Å²) in [6.07, 6.45) is 4.77. The lowest BCUT2D eigenvalue weighted by Crippen LogP contribution is -2.37. The first-order valence-corrected chi connectivity index (χ1v) is 6.77. The van der Waals surface area contributed by atoms with E-state index in [9.17, 15) is 9.59 Å². The second-order valence-electron chi connectivity index (χ2n) is 4.98. The predicted octanol–water partition coefficient (Wildman–Crippen LogP) is 1.23. The molecule has 1 aromatic heterocycles. The van der Waals surface area contributed by atoms with E-state index in [0.29, 0.717) is 11.4 Å². The van der Waals surface area contributed by atoms with Gasteiger partial charge in [0.25, 0.3) is 5.91 Å². The van der Waals surface area contributed by atoms with Gasteiger partial charge in [0.1, 0.15) is 12.4 Å². The minimum absolute atomic E-state index is 0.0648. The third kappa shape index (κ3) is 3.26. The van der Waals surface area contributed by atoms with Crippen LogP contribution in [0.1, 0.15) is 29.6 Å². The molecule has 2 rings (SSSR count). The number of likely N-dealkylation sites (tertiary alicyclic amines) is 1. The molecular formula is C14H19N3O3. The van der Waals surface area contributed by atoms with Gasteiger partial charge in [0.2, 0.25) is 0 Å². The number of carboxylic acid groups (broad SMARTS) is 1. The van der Waals surface area contributed by atoms with Crippen molar-refractivity contribution in [2.24, 2.45) is 0 Å². The fourth-order valence-corrected chi connectivity index (χ4v) is 2.41. The summed E-state index contributed by atoms with van der Waals surface area (Å²) in [6, 6.07) is 3.41. The Bertz CT molecular complexity index is 498. The van der Waals surface area contributed by atoms with Crippen LogP contribution in [0.2, 0.25) is 0 Å². The Balaban J connectivity index is 2.22. The van der Waals surface area contributed by atoms with Crippen LogP contribution >= 0.6 is 0 Å². The molecule has 0 unspecified atom stereocenters. The maximum atomic E-state index is 12.5. The van der Waals surface area contributed by atoms with Crippen molar-refractivity contribution in [1.29, 1.82) is 0 Å². The molecule has 2 heterocycles. The Labute approximate surface area is 118 Å². The van der Waals surface area contributed by atoms with E-state index >= 15 is 0 Å². The highest BCUT2D eigenvalue weighted by Gasteiger charge is 2.23. The molecule has 0 aliphatic carbocycles. The van der Waals surface area contributed by atoms with Gasteiger partial charge in [-0.05, 0) is 31.4 Å². The minimum Gasteiger partial charge on any atom is -0.480 e. The molecule has 6 heteroatoms. The number of carbonyl (C=O) groups excluding carboxylic acids is 1. The van der Waals surface area contributed by atoms with Crippen LogP contribution in [0.15, 0.2) is 18.3 Å². The third-order valence-corrected chi connectivity index (χ3v) is 3.39. The van der Waals surface area contributed by atoms with E-state index in [-0.39, 0.29) is 12.5 Å². The number of anilines is 1. The van der Waals surface area contributed by atoms with Crippen molar-refractivity contribution in [2.45, 2.75) is 19.3 Å². The number of amides is 1. The Morgan fingerprint density at radius 2 is 2.05 bits per heavy atom. The van der Waals surface area contributed by atoms with E-state index in [0.717, 1.165) is 32.4 Å². The summed E-state index contributed by atoms with van der Waals surface area (Å²) in [5.74, 6) is -0.593. The van der Waals surface area contributed by atoms with E-state index in [1.165, 1.54) is 4.90 Å². The number of hydrogen-bond donors (Lipinski definition) is 1. The lowest BCUT2D eigenvalue weighted by Gasteiger charge is -2.28. The molecule has 0 atom stereocenters. The monoisotopic (exact) mass is 277 g/mol. The SMILES string of the molecule is CN(CC(=O)O)c1ncccc1C(=O)N1CCCCC1. The molecule has 1 N–H and O–H groups in total. The van der Waals surface area contributed by atoms with Crippen LogP contribution in [0.25, 0.3) is 0 Å². The first-order chi connectivity index (χ1) is 9.59. The van der Waals surface area contributed by atoms with Gasteiger partial charge >= 0.3 is 5.97 Å². The quantitative estimate of drug-likeness (QED) is 0.896. The zero-order valence-corrected chi connectivity index (χ0v) is 11.6. The number of piperidine rings is 1. The first-order valence-electron chi connectivity index (χ1n) is 6.77. The molecule has 1 amide bonds. The second kappa shape index (κ2) is 6.36. The highest BCUT2D eigenvalue weighted by molar-refractivity contribution is 5.99. The van der Waals surface area contributed by atoms with Gasteiger partial charge in [0.15, 0.2) is 0 Å². The van der Waals surface area contributed by atoms with Crippen LogP contribution in [0.3, 0.4) is 0 Å². The Kier molecular flexibility index (Phi) is 4.55. The van der Waals surface area contributed by atoms with Crippen LogP contribution in [0.4, 0.5) is 5.82 Å². The number of carbonyl (C=O) groups is 2. The molecule has 20 heavy (non-hydrogen) atoms. The summed E-state index contributed by atoms with van der Waals surface area (Å²) < 4.78 is 0. The molecule has 0 bridgehead atoms. The van der Waals surface area contributed by atoms with Crippen LogP contribution in [0, 0.1) is 0 Å². The molecule has 0 radical (unpaired) electrons. The van der Waals surface area contributed by atoms with Gasteiger partial charge in [-0.25, -0.2) is 4.98 Å². The maximum absolute atomic E-state index is 12.5. The highest BCUT2D eigenvalue weighted by atomic mass is 16.4. The van der Waals surface area contributed by atoms with Crippen molar-refractivity contribution in [3.8, 4) is 0 Å². The van der Waals surface area contributed by atoms with Gasteiger partial charge in [0.05, 0.1) is 5.56 Å². The molecule has 0 aromatic carbocycles. The van der Waals surface area contributed by atoms with Gasteiger partial charge in [-0.1, -0.05) is 0 Å². The lowest BCUT2D eigenvalue weighted by molar-refractivity contribution is -0.135. The molecule has 1 saturated heterocycles. The zero-order valence-electron chi connectivity index (χ0n) is 11.6. The zero-order chi connectivity index (χ0) is 14.5. The average molecular weight is 277 g/mol. The molecule has 1 aromatic rings. The third-order valence-electron chi connectivity index (χ3n) is 3.39. The Hall–Kier alpha value is -2.11. The maximum Gasteiger partial charge on any atom is 0.323 e. The molecule has 1 fully saturated rings. The number of nitrogens with zero attached hydrogens (tertiary/aromatic N) is 3. The van der Waals surface area contributed by atoms with Gasteiger partial charge in [0, 0.05) is 26.3 Å². The van der Waals surface area contributed by atoms with E-state index in [4.69, 9.17) is 5.11 Å². The van der Waals surface area contributed by atoms with E-state index in [2.05, 4.69) is 4.98 Å². The van der Waals surface area contributed by atoms with E-state index < -0.39 is 5.97 Å². The summed E-state index contributed by atoms with van der Waals surface area (Å²) in [6.45, 7) is 1.34. The van der Waals surface area contributed by atoms with E-state index in [1.54, 1.807) is 25.4 Å². The van der Waals surface area contributed by atoms with Crippen LogP contribution < -0.4 is 4.90 Å². The van der Waals surface area contributed by atoms with Crippen molar-refractivity contribution in [1.82, 2.24) is 9.88 Å².